The Morgan fingerprint density at radius 3 is 1.12 bits per heavy atom. The van der Waals surface area contributed by atoms with Crippen LogP contribution in [0.4, 0.5) is 34.1 Å². The van der Waals surface area contributed by atoms with E-state index in [1.807, 2.05) is 0 Å². The Bertz CT molecular complexity index is 2890. The van der Waals surface area contributed by atoms with Crippen molar-refractivity contribution in [2.45, 2.75) is 96.8 Å². The van der Waals surface area contributed by atoms with Crippen LogP contribution in [0, 0.1) is 0 Å². The molecule has 0 spiro atoms. The van der Waals surface area contributed by atoms with E-state index in [1.54, 1.807) is 0 Å². The summed E-state index contributed by atoms with van der Waals surface area (Å²) in [5.74, 6) is 0.415. The number of nitrogens with zero attached hydrogens (tertiary/aromatic N) is 2. The molecule has 59 heavy (non-hydrogen) atoms. The molecule has 4 aliphatic carbocycles. The summed E-state index contributed by atoms with van der Waals surface area (Å²) in [6.45, 7) is 4.66. The summed E-state index contributed by atoms with van der Waals surface area (Å²) in [7, 11) is 0. The second-order valence-electron chi connectivity index (χ2n) is 18.3. The summed E-state index contributed by atoms with van der Waals surface area (Å²) >= 11 is 0. The van der Waals surface area contributed by atoms with E-state index in [0.717, 1.165) is 25.7 Å². The molecule has 0 fully saturated rings. The third-order valence-electron chi connectivity index (χ3n) is 14.5. The third kappa shape index (κ3) is 5.81. The van der Waals surface area contributed by atoms with Gasteiger partial charge >= 0.3 is 0 Å². The molecule has 2 nitrogen and oxygen atoms in total. The minimum absolute atomic E-state index is 0.415. The number of hydrogen-bond donors (Lipinski definition) is 0. The summed E-state index contributed by atoms with van der Waals surface area (Å²) < 4.78 is 0. The monoisotopic (exact) mass is 764 g/mol. The van der Waals surface area contributed by atoms with Crippen LogP contribution in [0.5, 0.6) is 0 Å². The molecule has 0 amide bonds. The standard InChI is InChI=1S/C57H52N2/c1-36(2)41-23-28-51-54-34-56(58(46-24-19-37-9-5-13-42(37)29-46)47-25-20-38-10-6-14-43(38)30-47)52-18-4-3-17-50(52)53(54)35-57(55(51)33-41)59(48-26-21-39-11-7-15-44(39)31-48)49-27-22-40-12-8-16-45(40)32-49/h3-4,17-36H,5-16H2,1-2H3. The molecule has 8 aromatic carbocycles. The normalized spacial score (nSPS) is 15.3. The molecular weight excluding hydrogens is 713 g/mol. The van der Waals surface area contributed by atoms with Crippen molar-refractivity contribution >= 4 is 66.4 Å². The number of anilines is 6. The fourth-order valence-electron chi connectivity index (χ4n) is 11.4. The number of rotatable bonds is 7. The van der Waals surface area contributed by atoms with Gasteiger partial charge in [-0.3, -0.25) is 0 Å². The molecular formula is C57H52N2. The quantitative estimate of drug-likeness (QED) is 0.149. The Morgan fingerprint density at radius 1 is 0.322 bits per heavy atom. The van der Waals surface area contributed by atoms with Gasteiger partial charge in [-0.2, -0.15) is 0 Å². The topological polar surface area (TPSA) is 6.48 Å². The first-order valence-electron chi connectivity index (χ1n) is 22.5. The largest absolute Gasteiger partial charge is 0.310 e. The zero-order valence-electron chi connectivity index (χ0n) is 34.6. The van der Waals surface area contributed by atoms with Crippen molar-refractivity contribution in [2.75, 3.05) is 9.80 Å². The smallest absolute Gasteiger partial charge is 0.0546 e. The second kappa shape index (κ2) is 13.9. The van der Waals surface area contributed by atoms with Crippen LogP contribution in [0.15, 0.2) is 127 Å². The van der Waals surface area contributed by atoms with Crippen LogP contribution < -0.4 is 9.80 Å². The van der Waals surface area contributed by atoms with Crippen LogP contribution in [-0.4, -0.2) is 0 Å². The predicted octanol–water partition coefficient (Wildman–Crippen LogP) is 15.2. The Kier molecular flexibility index (Phi) is 8.26. The molecule has 0 aliphatic heterocycles. The molecule has 0 unspecified atom stereocenters. The lowest BCUT2D eigenvalue weighted by Crippen LogP contribution is -2.13. The summed E-state index contributed by atoms with van der Waals surface area (Å²) in [6.07, 6.45) is 14.4. The molecule has 4 aliphatic rings. The maximum absolute atomic E-state index is 2.60. The number of fused-ring (bicyclic) bond motifs is 9. The minimum Gasteiger partial charge on any atom is -0.310 e. The van der Waals surface area contributed by atoms with Crippen LogP contribution in [0.3, 0.4) is 0 Å². The predicted molar refractivity (Wildman–Crippen MR) is 251 cm³/mol. The van der Waals surface area contributed by atoms with E-state index < -0.39 is 0 Å². The van der Waals surface area contributed by atoms with Crippen molar-refractivity contribution in [3.05, 3.63) is 177 Å². The molecule has 2 heteroatoms. The van der Waals surface area contributed by atoms with Crippen molar-refractivity contribution < 1.29 is 0 Å². The van der Waals surface area contributed by atoms with Gasteiger partial charge in [-0.15, -0.1) is 0 Å². The van der Waals surface area contributed by atoms with Gasteiger partial charge in [0.15, 0.2) is 0 Å². The Labute approximate surface area is 349 Å². The zero-order valence-corrected chi connectivity index (χ0v) is 34.6. The average Bonchev–Trinajstić information content (AvgIpc) is 4.11. The van der Waals surface area contributed by atoms with Crippen LogP contribution in [0.2, 0.25) is 0 Å². The lowest BCUT2D eigenvalue weighted by Gasteiger charge is -2.31. The minimum atomic E-state index is 0.415. The van der Waals surface area contributed by atoms with Gasteiger partial charge in [-0.1, -0.05) is 74.5 Å². The van der Waals surface area contributed by atoms with Crippen LogP contribution >= 0.6 is 0 Å². The average molecular weight is 765 g/mol. The number of benzene rings is 8. The van der Waals surface area contributed by atoms with Crippen molar-refractivity contribution in [1.29, 1.82) is 0 Å². The van der Waals surface area contributed by atoms with Gasteiger partial charge in [0.05, 0.1) is 11.4 Å². The fourth-order valence-corrected chi connectivity index (χ4v) is 11.4. The van der Waals surface area contributed by atoms with Gasteiger partial charge in [-0.05, 0) is 221 Å². The molecule has 290 valence electrons. The Balaban J connectivity index is 1.15. The van der Waals surface area contributed by atoms with E-state index in [-0.39, 0.29) is 0 Å². The Morgan fingerprint density at radius 2 is 0.695 bits per heavy atom. The first kappa shape index (κ1) is 35.1. The first-order chi connectivity index (χ1) is 29.0. The summed E-state index contributed by atoms with van der Waals surface area (Å²) in [5.41, 5.74) is 21.0. The van der Waals surface area contributed by atoms with Crippen molar-refractivity contribution in [2.24, 2.45) is 0 Å². The molecule has 0 atom stereocenters. The molecule has 0 heterocycles. The molecule has 0 N–H and O–H groups in total. The molecule has 0 saturated heterocycles. The van der Waals surface area contributed by atoms with E-state index in [1.165, 1.54) is 168 Å². The van der Waals surface area contributed by atoms with Gasteiger partial charge in [-0.25, -0.2) is 0 Å². The van der Waals surface area contributed by atoms with Gasteiger partial charge in [0.2, 0.25) is 0 Å². The van der Waals surface area contributed by atoms with Crippen molar-refractivity contribution in [3.63, 3.8) is 0 Å². The molecule has 12 rings (SSSR count). The van der Waals surface area contributed by atoms with E-state index >= 15 is 0 Å². The van der Waals surface area contributed by atoms with E-state index in [2.05, 4.69) is 151 Å². The zero-order chi connectivity index (χ0) is 39.2. The highest BCUT2D eigenvalue weighted by Gasteiger charge is 2.26. The maximum atomic E-state index is 2.60. The van der Waals surface area contributed by atoms with Crippen LogP contribution in [0.25, 0.3) is 32.3 Å². The molecule has 8 aromatic rings. The highest BCUT2D eigenvalue weighted by atomic mass is 15.2. The lowest BCUT2D eigenvalue weighted by molar-refractivity contribution is 0.869. The molecule has 0 bridgehead atoms. The molecule has 0 aromatic heterocycles. The van der Waals surface area contributed by atoms with Gasteiger partial charge in [0.1, 0.15) is 0 Å². The van der Waals surface area contributed by atoms with Gasteiger partial charge in [0.25, 0.3) is 0 Å². The van der Waals surface area contributed by atoms with Gasteiger partial charge in [0, 0.05) is 33.5 Å². The second-order valence-corrected chi connectivity index (χ2v) is 18.3. The summed E-state index contributed by atoms with van der Waals surface area (Å²) in [5, 5.41) is 7.82. The van der Waals surface area contributed by atoms with Crippen molar-refractivity contribution in [1.82, 2.24) is 0 Å². The van der Waals surface area contributed by atoms with E-state index in [0.29, 0.717) is 5.92 Å². The van der Waals surface area contributed by atoms with E-state index in [4.69, 9.17) is 0 Å². The van der Waals surface area contributed by atoms with Crippen LogP contribution in [0.1, 0.15) is 95.5 Å². The highest BCUT2D eigenvalue weighted by Crippen LogP contribution is 2.49. The maximum Gasteiger partial charge on any atom is 0.0546 e. The number of hydrogen-bond acceptors (Lipinski definition) is 2. The van der Waals surface area contributed by atoms with E-state index in [9.17, 15) is 0 Å². The van der Waals surface area contributed by atoms with Gasteiger partial charge < -0.3 is 9.80 Å². The van der Waals surface area contributed by atoms with Crippen molar-refractivity contribution in [3.8, 4) is 0 Å². The summed E-state index contributed by atoms with van der Waals surface area (Å²) in [4.78, 5) is 5.19. The number of aryl methyl sites for hydroxylation is 8. The third-order valence-corrected chi connectivity index (χ3v) is 14.5. The fraction of sp³-hybridized carbons (Fsp3) is 0.263. The summed E-state index contributed by atoms with van der Waals surface area (Å²) in [6, 6.07) is 50.8. The molecule has 0 radical (unpaired) electrons. The van der Waals surface area contributed by atoms with Crippen LogP contribution in [-0.2, 0) is 51.4 Å². The Hall–Kier alpha value is -5.86. The molecule has 0 saturated carbocycles. The first-order valence-corrected chi connectivity index (χ1v) is 22.5. The lowest BCUT2D eigenvalue weighted by atomic mass is 9.91. The SMILES string of the molecule is CC(C)c1ccc2c(c1)c(N(c1ccc3c(c1)CCC3)c1ccc3c(c1)CCC3)cc1c3ccccc3c(N(c3ccc4c(c3)CCC4)c3ccc4c(c3)CCC4)cc21. The highest BCUT2D eigenvalue weighted by molar-refractivity contribution is 6.24.